The van der Waals surface area contributed by atoms with E-state index in [4.69, 9.17) is 11.5 Å². The molecule has 4 aromatic heterocycles. The molecule has 1 aromatic carbocycles. The number of thiophene rings is 2. The summed E-state index contributed by atoms with van der Waals surface area (Å²) in [6.45, 7) is 1.75. The SMILES string of the molecule is Cc1c(NC(=O)c2sc3nc(N)c(C#N)c(-c4cccs4)c3c2N)c(=O)n(-c2ccccc2)n1C. The number of aromatic nitrogens is 3. The molecular formula is C24H19N7O2S2. The van der Waals surface area contributed by atoms with E-state index in [0.29, 0.717) is 27.2 Å². The van der Waals surface area contributed by atoms with Gasteiger partial charge in [0.15, 0.2) is 0 Å². The summed E-state index contributed by atoms with van der Waals surface area (Å²) in [5.74, 6) is -0.466. The molecule has 5 N–H and O–H groups in total. The fourth-order valence-corrected chi connectivity index (χ4v) is 5.79. The zero-order chi connectivity index (χ0) is 24.9. The first-order valence-electron chi connectivity index (χ1n) is 10.4. The summed E-state index contributed by atoms with van der Waals surface area (Å²) in [7, 11) is 1.75. The van der Waals surface area contributed by atoms with E-state index < -0.39 is 5.91 Å². The third kappa shape index (κ3) is 3.47. The number of nitrogens with two attached hydrogens (primary N) is 2. The highest BCUT2D eigenvalue weighted by atomic mass is 32.1. The van der Waals surface area contributed by atoms with E-state index in [1.165, 1.54) is 16.0 Å². The summed E-state index contributed by atoms with van der Waals surface area (Å²) in [5.41, 5.74) is 14.5. The maximum Gasteiger partial charge on any atom is 0.295 e. The molecule has 0 atom stereocenters. The standard InChI is InChI=1S/C24H19N7O2S2/c1-12-19(24(33)31(30(12)2)13-7-4-3-5-8-13)28-22(32)20-18(26)17-16(15-9-6-10-34-15)14(11-25)21(27)29-23(17)35-20/h3-10H,26H2,1-2H3,(H2,27,29)(H,28,32). The molecule has 0 aliphatic heterocycles. The largest absolute Gasteiger partial charge is 0.397 e. The molecule has 0 aliphatic rings. The lowest BCUT2D eigenvalue weighted by Crippen LogP contribution is -2.22. The molecule has 0 aliphatic carbocycles. The van der Waals surface area contributed by atoms with Gasteiger partial charge in [-0.05, 0) is 30.5 Å². The van der Waals surface area contributed by atoms with Gasteiger partial charge < -0.3 is 16.8 Å². The monoisotopic (exact) mass is 501 g/mol. The second-order valence-electron chi connectivity index (χ2n) is 7.75. The van der Waals surface area contributed by atoms with Gasteiger partial charge in [-0.25, -0.2) is 9.67 Å². The third-order valence-corrected chi connectivity index (χ3v) is 7.77. The second kappa shape index (κ2) is 8.43. The van der Waals surface area contributed by atoms with Crippen LogP contribution in [0.3, 0.4) is 0 Å². The Balaban J connectivity index is 1.63. The minimum atomic E-state index is -0.536. The fourth-order valence-electron chi connectivity index (χ4n) is 4.00. The molecule has 11 heteroatoms. The van der Waals surface area contributed by atoms with E-state index in [2.05, 4.69) is 16.4 Å². The molecule has 5 aromatic rings. The molecule has 9 nitrogen and oxygen atoms in total. The molecule has 1 amide bonds. The Morgan fingerprint density at radius 3 is 2.57 bits per heavy atom. The van der Waals surface area contributed by atoms with Crippen molar-refractivity contribution in [2.24, 2.45) is 7.05 Å². The molecule has 35 heavy (non-hydrogen) atoms. The topological polar surface area (TPSA) is 145 Å². The number of para-hydroxylation sites is 1. The van der Waals surface area contributed by atoms with Crippen LogP contribution >= 0.6 is 22.7 Å². The van der Waals surface area contributed by atoms with Gasteiger partial charge in [-0.2, -0.15) is 5.26 Å². The first kappa shape index (κ1) is 22.4. The molecule has 0 unspecified atom stereocenters. The maximum absolute atomic E-state index is 13.3. The average Bonchev–Trinajstić information content (AvgIpc) is 3.54. The van der Waals surface area contributed by atoms with Crippen LogP contribution in [0.1, 0.15) is 20.9 Å². The number of benzene rings is 1. The molecule has 0 spiro atoms. The van der Waals surface area contributed by atoms with Crippen LogP contribution in [0.5, 0.6) is 0 Å². The maximum atomic E-state index is 13.3. The first-order valence-corrected chi connectivity index (χ1v) is 12.1. The van der Waals surface area contributed by atoms with Crippen LogP contribution in [0.4, 0.5) is 17.2 Å². The number of nitrogens with one attached hydrogen (secondary N) is 1. The van der Waals surface area contributed by atoms with Crippen molar-refractivity contribution >= 4 is 56.0 Å². The van der Waals surface area contributed by atoms with Gasteiger partial charge in [-0.3, -0.25) is 14.3 Å². The summed E-state index contributed by atoms with van der Waals surface area (Å²) >= 11 is 2.50. The Labute approximate surface area is 207 Å². The van der Waals surface area contributed by atoms with E-state index in [-0.39, 0.29) is 33.2 Å². The number of pyridine rings is 1. The minimum Gasteiger partial charge on any atom is -0.397 e. The number of fused-ring (bicyclic) bond motifs is 1. The van der Waals surface area contributed by atoms with Crippen LogP contribution in [-0.4, -0.2) is 20.3 Å². The Kier molecular flexibility index (Phi) is 5.39. The van der Waals surface area contributed by atoms with Crippen LogP contribution in [0.2, 0.25) is 0 Å². The van der Waals surface area contributed by atoms with Gasteiger partial charge in [0, 0.05) is 22.9 Å². The second-order valence-corrected chi connectivity index (χ2v) is 9.70. The number of hydrogen-bond donors (Lipinski definition) is 3. The smallest absolute Gasteiger partial charge is 0.295 e. The van der Waals surface area contributed by atoms with Crippen molar-refractivity contribution in [3.05, 3.63) is 74.3 Å². The Hall–Kier alpha value is -4.40. The van der Waals surface area contributed by atoms with Gasteiger partial charge in [0.05, 0.1) is 17.1 Å². The van der Waals surface area contributed by atoms with E-state index in [1.807, 2.05) is 47.8 Å². The van der Waals surface area contributed by atoms with Crippen LogP contribution in [-0.2, 0) is 7.05 Å². The van der Waals surface area contributed by atoms with Gasteiger partial charge in [0.1, 0.15) is 32.8 Å². The van der Waals surface area contributed by atoms with Gasteiger partial charge in [-0.15, -0.1) is 22.7 Å². The fraction of sp³-hybridized carbons (Fsp3) is 0.0833. The van der Waals surface area contributed by atoms with Crippen molar-refractivity contribution in [1.29, 1.82) is 5.26 Å². The predicted octanol–water partition coefficient (Wildman–Crippen LogP) is 4.11. The van der Waals surface area contributed by atoms with Crippen molar-refractivity contribution in [2.45, 2.75) is 6.92 Å². The molecule has 0 saturated heterocycles. The van der Waals surface area contributed by atoms with Gasteiger partial charge in [-0.1, -0.05) is 24.3 Å². The quantitative estimate of drug-likeness (QED) is 0.338. The molecular weight excluding hydrogens is 482 g/mol. The number of amides is 1. The van der Waals surface area contributed by atoms with Crippen LogP contribution in [0, 0.1) is 18.3 Å². The van der Waals surface area contributed by atoms with Gasteiger partial charge in [0.2, 0.25) is 0 Å². The summed E-state index contributed by atoms with van der Waals surface area (Å²) < 4.78 is 3.16. The highest BCUT2D eigenvalue weighted by molar-refractivity contribution is 7.21. The molecule has 5 rings (SSSR count). The van der Waals surface area contributed by atoms with Crippen molar-refractivity contribution in [3.8, 4) is 22.2 Å². The Bertz CT molecular complexity index is 1710. The molecule has 0 saturated carbocycles. The normalized spacial score (nSPS) is 11.0. The number of hydrogen-bond acceptors (Lipinski definition) is 8. The number of nitrogen functional groups attached to an aromatic ring is 2. The lowest BCUT2D eigenvalue weighted by Gasteiger charge is -2.07. The van der Waals surface area contributed by atoms with E-state index in [0.717, 1.165) is 16.2 Å². The van der Waals surface area contributed by atoms with Crippen molar-refractivity contribution in [1.82, 2.24) is 14.3 Å². The third-order valence-electron chi connectivity index (χ3n) is 5.78. The van der Waals surface area contributed by atoms with E-state index >= 15 is 0 Å². The lowest BCUT2D eigenvalue weighted by atomic mass is 10.0. The summed E-state index contributed by atoms with van der Waals surface area (Å²) in [6, 6.07) is 15.0. The Morgan fingerprint density at radius 2 is 1.91 bits per heavy atom. The summed E-state index contributed by atoms with van der Waals surface area (Å²) in [6.07, 6.45) is 0. The van der Waals surface area contributed by atoms with Crippen molar-refractivity contribution in [2.75, 3.05) is 16.8 Å². The lowest BCUT2D eigenvalue weighted by molar-refractivity contribution is 0.103. The number of anilines is 3. The van der Waals surface area contributed by atoms with E-state index in [9.17, 15) is 14.9 Å². The number of rotatable bonds is 4. The minimum absolute atomic E-state index is 0.0706. The Morgan fingerprint density at radius 1 is 1.17 bits per heavy atom. The van der Waals surface area contributed by atoms with E-state index in [1.54, 1.807) is 18.7 Å². The summed E-state index contributed by atoms with van der Waals surface area (Å²) in [4.78, 5) is 32.3. The molecule has 4 heterocycles. The number of carbonyl (C=O) groups is 1. The van der Waals surface area contributed by atoms with Crippen molar-refractivity contribution < 1.29 is 4.79 Å². The summed E-state index contributed by atoms with van der Waals surface area (Å²) in [5, 5.41) is 14.8. The average molecular weight is 502 g/mol. The molecule has 0 radical (unpaired) electrons. The number of nitriles is 1. The predicted molar refractivity (Wildman–Crippen MR) is 140 cm³/mol. The van der Waals surface area contributed by atoms with Crippen LogP contribution in [0.15, 0.2) is 52.6 Å². The first-order chi connectivity index (χ1) is 16.8. The number of nitrogens with zero attached hydrogens (tertiary/aromatic N) is 4. The zero-order valence-corrected chi connectivity index (χ0v) is 20.3. The highest BCUT2D eigenvalue weighted by Gasteiger charge is 2.26. The molecule has 174 valence electrons. The van der Waals surface area contributed by atoms with Crippen molar-refractivity contribution in [3.63, 3.8) is 0 Å². The van der Waals surface area contributed by atoms with Crippen LogP contribution in [0.25, 0.3) is 26.3 Å². The van der Waals surface area contributed by atoms with Gasteiger partial charge >= 0.3 is 0 Å². The van der Waals surface area contributed by atoms with Gasteiger partial charge in [0.25, 0.3) is 11.5 Å². The number of carbonyl (C=O) groups excluding carboxylic acids is 1. The molecule has 0 bridgehead atoms. The zero-order valence-electron chi connectivity index (χ0n) is 18.7. The highest BCUT2D eigenvalue weighted by Crippen LogP contribution is 2.44. The molecule has 0 fully saturated rings. The van der Waals surface area contributed by atoms with Crippen LogP contribution < -0.4 is 22.3 Å².